The molecule has 0 saturated carbocycles. The lowest BCUT2D eigenvalue weighted by Crippen LogP contribution is -2.30. The Morgan fingerprint density at radius 1 is 1.00 bits per heavy atom. The number of phenols is 1. The molecule has 11 heteroatoms. The van der Waals surface area contributed by atoms with Crippen LogP contribution in [0.15, 0.2) is 24.3 Å². The fourth-order valence-electron chi connectivity index (χ4n) is 2.01. The summed E-state index contributed by atoms with van der Waals surface area (Å²) in [6.07, 6.45) is 0.405. The van der Waals surface area contributed by atoms with Gasteiger partial charge in [0.1, 0.15) is 17.5 Å². The minimum absolute atomic E-state index is 0.250. The summed E-state index contributed by atoms with van der Waals surface area (Å²) < 4.78 is 10.9. The molecule has 0 aliphatic heterocycles. The van der Waals surface area contributed by atoms with Crippen LogP contribution in [0.2, 0.25) is 0 Å². The van der Waals surface area contributed by atoms with Gasteiger partial charge in [-0.25, -0.2) is 0 Å². The molecule has 0 heterocycles. The van der Waals surface area contributed by atoms with Gasteiger partial charge in [0.05, 0.1) is 14.3 Å². The fourth-order valence-corrected chi connectivity index (χ4v) is 6.71. The van der Waals surface area contributed by atoms with E-state index in [0.29, 0.717) is 12.2 Å². The molecule has 0 saturated heterocycles. The Labute approximate surface area is 232 Å². The molecule has 0 amide bonds. The molecule has 26 heavy (non-hydrogen) atoms. The molecule has 0 radical (unpaired) electrons. The summed E-state index contributed by atoms with van der Waals surface area (Å²) in [6, 6.07) is 6.85. The fraction of sp³-hybridized carbons (Fsp3) is 0.133. The molecular weight excluding hydrogens is 1020 g/mol. The topological polar surface area (TPSA) is 70.0 Å². The van der Waals surface area contributed by atoms with E-state index in [2.05, 4.69) is 90.4 Å². The highest BCUT2D eigenvalue weighted by atomic mass is 127. The van der Waals surface area contributed by atoms with Gasteiger partial charge in [-0.15, -0.1) is 0 Å². The molecule has 0 aliphatic carbocycles. The summed E-state index contributed by atoms with van der Waals surface area (Å²) in [5, 5.41) is 19.3. The molecule has 0 aromatic heterocycles. The maximum atomic E-state index is 11.4. The minimum atomic E-state index is -0.854. The Bertz CT molecular complexity index is 799. The molecule has 0 aliphatic rings. The number of carbonyl (C=O) groups is 1. The quantitative estimate of drug-likeness (QED) is 0.253. The zero-order chi connectivity index (χ0) is 19.6. The maximum absolute atomic E-state index is 11.4. The molecule has 2 rings (SSSR count). The van der Waals surface area contributed by atoms with Crippen molar-refractivity contribution in [3.8, 4) is 17.2 Å². The van der Waals surface area contributed by atoms with Crippen LogP contribution in [-0.2, 0) is 11.2 Å². The Hall–Kier alpha value is 1.85. The SMILES string of the molecule is O=C(O)C(Cc1cc(I)c(Oc2cc(I)c(O)c(I)c2)c(I)c1)N(I)I. The summed E-state index contributed by atoms with van der Waals surface area (Å²) in [5.74, 6) is 0.766. The average molecular weight is 1030 g/mol. The Morgan fingerprint density at radius 3 is 1.92 bits per heavy atom. The molecule has 0 spiro atoms. The molecule has 2 aromatic carbocycles. The predicted octanol–water partition coefficient (Wildman–Crippen LogP) is 6.60. The average Bonchev–Trinajstić information content (AvgIpc) is 2.53. The highest BCUT2D eigenvalue weighted by Gasteiger charge is 2.24. The predicted molar refractivity (Wildman–Crippen MR) is 150 cm³/mol. The van der Waals surface area contributed by atoms with Gasteiger partial charge in [0.25, 0.3) is 0 Å². The molecule has 5 nitrogen and oxygen atoms in total. The van der Waals surface area contributed by atoms with E-state index in [1.54, 1.807) is 13.5 Å². The first-order valence-corrected chi connectivity index (χ1v) is 13.0. The second kappa shape index (κ2) is 10.8. The first kappa shape index (κ1) is 24.1. The zero-order valence-corrected chi connectivity index (χ0v) is 25.5. The van der Waals surface area contributed by atoms with Gasteiger partial charge in [-0.1, -0.05) is 0 Å². The summed E-state index contributed by atoms with van der Waals surface area (Å²) in [5.41, 5.74) is 0.937. The van der Waals surface area contributed by atoms with Crippen LogP contribution in [0, 0.1) is 14.3 Å². The summed E-state index contributed by atoms with van der Waals surface area (Å²) in [7, 11) is 0. The van der Waals surface area contributed by atoms with Crippen molar-refractivity contribution in [2.75, 3.05) is 0 Å². The van der Waals surface area contributed by atoms with Crippen molar-refractivity contribution in [3.05, 3.63) is 44.1 Å². The van der Waals surface area contributed by atoms with Gasteiger partial charge in [0.15, 0.2) is 5.75 Å². The van der Waals surface area contributed by atoms with Crippen LogP contribution in [0.1, 0.15) is 5.56 Å². The molecular formula is C15H9I6NO4. The number of carboxylic acids is 1. The van der Waals surface area contributed by atoms with Crippen LogP contribution in [-0.4, -0.2) is 23.6 Å². The lowest BCUT2D eigenvalue weighted by atomic mass is 10.1. The lowest BCUT2D eigenvalue weighted by Gasteiger charge is -2.18. The zero-order valence-electron chi connectivity index (χ0n) is 12.5. The van der Waals surface area contributed by atoms with E-state index >= 15 is 0 Å². The number of hydrogen-bond donors (Lipinski definition) is 2. The number of aliphatic carboxylic acids is 1. The number of phenolic OH excluding ortho intramolecular Hbond substituents is 1. The van der Waals surface area contributed by atoms with Crippen molar-refractivity contribution in [2.24, 2.45) is 0 Å². The largest absolute Gasteiger partial charge is 0.506 e. The van der Waals surface area contributed by atoms with Crippen molar-refractivity contribution < 1.29 is 19.7 Å². The van der Waals surface area contributed by atoms with E-state index in [0.717, 1.165) is 25.6 Å². The lowest BCUT2D eigenvalue weighted by molar-refractivity contribution is -0.139. The van der Waals surface area contributed by atoms with Crippen LogP contribution < -0.4 is 4.74 Å². The molecule has 1 unspecified atom stereocenters. The van der Waals surface area contributed by atoms with Gasteiger partial charge in [-0.2, -0.15) is 1.33 Å². The number of nitrogens with zero attached hydrogens (tertiary/aromatic N) is 1. The molecule has 1 atom stereocenters. The number of ether oxygens (including phenoxy) is 1. The minimum Gasteiger partial charge on any atom is -0.506 e. The van der Waals surface area contributed by atoms with Crippen molar-refractivity contribution in [2.45, 2.75) is 12.5 Å². The number of benzene rings is 2. The van der Waals surface area contributed by atoms with E-state index < -0.39 is 12.0 Å². The van der Waals surface area contributed by atoms with E-state index in [1.807, 2.05) is 57.9 Å². The number of halogens is 6. The monoisotopic (exact) mass is 1030 g/mol. The Kier molecular flexibility index (Phi) is 9.98. The highest BCUT2D eigenvalue weighted by molar-refractivity contribution is 14.2. The highest BCUT2D eigenvalue weighted by Crippen LogP contribution is 2.37. The number of rotatable bonds is 6. The molecule has 0 fully saturated rings. The van der Waals surface area contributed by atoms with Crippen molar-refractivity contribution in [1.82, 2.24) is 1.33 Å². The summed E-state index contributed by atoms with van der Waals surface area (Å²) in [4.78, 5) is 11.4. The normalized spacial score (nSPS) is 12.3. The third kappa shape index (κ3) is 6.42. The number of hydrogen-bond acceptors (Lipinski definition) is 4. The first-order chi connectivity index (χ1) is 12.1. The second-order valence-electron chi connectivity index (χ2n) is 5.04. The van der Waals surface area contributed by atoms with E-state index in [1.165, 1.54) is 0 Å². The maximum Gasteiger partial charge on any atom is 0.322 e. The van der Waals surface area contributed by atoms with Crippen molar-refractivity contribution in [3.63, 3.8) is 0 Å². The van der Waals surface area contributed by atoms with Crippen LogP contribution in [0.4, 0.5) is 0 Å². The van der Waals surface area contributed by atoms with Crippen LogP contribution in [0.25, 0.3) is 0 Å². The Morgan fingerprint density at radius 2 is 1.50 bits per heavy atom. The van der Waals surface area contributed by atoms with Crippen LogP contribution in [0.5, 0.6) is 17.2 Å². The molecule has 140 valence electrons. The third-order valence-corrected chi connectivity index (χ3v) is 7.81. The summed E-state index contributed by atoms with van der Waals surface area (Å²) in [6.45, 7) is 0. The van der Waals surface area contributed by atoms with Gasteiger partial charge in [0.2, 0.25) is 0 Å². The third-order valence-electron chi connectivity index (χ3n) is 3.22. The van der Waals surface area contributed by atoms with Gasteiger partial charge in [0, 0.05) is 52.1 Å². The van der Waals surface area contributed by atoms with E-state index in [-0.39, 0.29) is 5.75 Å². The first-order valence-electron chi connectivity index (χ1n) is 6.77. The number of carboxylic acid groups (broad SMARTS) is 1. The standard InChI is InChI=1S/C15H9I6NO4/c16-8-4-7(5-9(17)13(8)23)26-14-10(18)1-6(2-11(14)19)3-12(15(24)25)22(20)21/h1-2,4-5,12,23H,3H2,(H,24,25). The van der Waals surface area contributed by atoms with Gasteiger partial charge in [-0.3, -0.25) is 4.79 Å². The number of aromatic hydroxyl groups is 1. The van der Waals surface area contributed by atoms with Crippen LogP contribution >= 0.6 is 136 Å². The Balaban J connectivity index is 2.31. The van der Waals surface area contributed by atoms with Crippen LogP contribution in [0.3, 0.4) is 0 Å². The van der Waals surface area contributed by atoms with Crippen molar-refractivity contribution >= 4 is 142 Å². The van der Waals surface area contributed by atoms with Gasteiger partial charge >= 0.3 is 5.97 Å². The van der Waals surface area contributed by atoms with Crippen molar-refractivity contribution in [1.29, 1.82) is 0 Å². The molecule has 2 N–H and O–H groups in total. The molecule has 0 bridgehead atoms. The second-order valence-corrected chi connectivity index (χ2v) is 13.6. The smallest absolute Gasteiger partial charge is 0.322 e. The summed E-state index contributed by atoms with van der Waals surface area (Å²) >= 11 is 12.5. The van der Waals surface area contributed by atoms with E-state index in [4.69, 9.17) is 4.74 Å². The molecule has 2 aromatic rings. The van der Waals surface area contributed by atoms with Gasteiger partial charge in [-0.05, 0) is 120 Å². The van der Waals surface area contributed by atoms with E-state index in [9.17, 15) is 15.0 Å². The van der Waals surface area contributed by atoms with Gasteiger partial charge < -0.3 is 14.9 Å².